The van der Waals surface area contributed by atoms with Crippen LogP contribution in [0.2, 0.25) is 0 Å². The van der Waals surface area contributed by atoms with Gasteiger partial charge in [-0.25, -0.2) is 0 Å². The van der Waals surface area contributed by atoms with Crippen molar-refractivity contribution in [2.45, 2.75) is 44.9 Å². The number of nitrogens with one attached hydrogen (secondary N) is 1. The molecule has 0 saturated heterocycles. The molecule has 14 aromatic rings. The summed E-state index contributed by atoms with van der Waals surface area (Å²) in [6.45, 7) is 9.26. The second-order valence-electron chi connectivity index (χ2n) is 25.6. The predicted molar refractivity (Wildman–Crippen MR) is 411 cm³/mol. The summed E-state index contributed by atoms with van der Waals surface area (Å²) in [5.74, 6) is 0. The molecule has 0 bridgehead atoms. The van der Waals surface area contributed by atoms with Crippen LogP contribution >= 0.6 is 31.9 Å². The van der Waals surface area contributed by atoms with Crippen molar-refractivity contribution in [2.75, 3.05) is 10.2 Å². The van der Waals surface area contributed by atoms with Crippen molar-refractivity contribution >= 4 is 60.3 Å². The van der Waals surface area contributed by atoms with Gasteiger partial charge in [-0.3, -0.25) is 0 Å². The molecule has 460 valence electrons. The Balaban J connectivity index is 0.000000120. The Hall–Kier alpha value is -10.4. The average Bonchev–Trinajstić information content (AvgIpc) is 1.61. The molecule has 0 heterocycles. The number of hydrogen-bond acceptors (Lipinski definition) is 2. The highest BCUT2D eigenvalue weighted by atomic mass is 79.9. The van der Waals surface area contributed by atoms with Crippen LogP contribution in [-0.4, -0.2) is 0 Å². The maximum absolute atomic E-state index is 3.55. The highest BCUT2D eigenvalue weighted by Crippen LogP contribution is 2.52. The number of halogens is 2. The first-order valence-electron chi connectivity index (χ1n) is 32.6. The smallest absolute Gasteiger partial charge is 0.0468 e. The van der Waals surface area contributed by atoms with Gasteiger partial charge in [-0.15, -0.1) is 0 Å². The molecular formula is C91H72Br2N2. The zero-order valence-corrected chi connectivity index (χ0v) is 57.0. The Morgan fingerprint density at radius 3 is 1.20 bits per heavy atom. The van der Waals surface area contributed by atoms with E-state index in [-0.39, 0.29) is 10.8 Å². The lowest BCUT2D eigenvalue weighted by molar-refractivity contribution is 0.660. The van der Waals surface area contributed by atoms with Crippen LogP contribution in [0.3, 0.4) is 0 Å². The minimum atomic E-state index is -0.0140. The van der Waals surface area contributed by atoms with Crippen molar-refractivity contribution in [1.29, 1.82) is 0 Å². The topological polar surface area (TPSA) is 15.3 Å². The Kier molecular flexibility index (Phi) is 17.9. The summed E-state index contributed by atoms with van der Waals surface area (Å²) in [7, 11) is 0. The highest BCUT2D eigenvalue weighted by Gasteiger charge is 2.36. The summed E-state index contributed by atoms with van der Waals surface area (Å²) in [6, 6.07) is 123. The molecule has 1 N–H and O–H groups in total. The lowest BCUT2D eigenvalue weighted by Crippen LogP contribution is -2.15. The van der Waals surface area contributed by atoms with E-state index in [0.29, 0.717) is 0 Å². The summed E-state index contributed by atoms with van der Waals surface area (Å²) in [6.07, 6.45) is 1.08. The van der Waals surface area contributed by atoms with Gasteiger partial charge in [-0.2, -0.15) is 0 Å². The SMILES string of the molecule is Brc1ccc2c(c1)-c1ccccc1C2.CC1(C)c2ccccc2-c2cc(Br)ccc21.CC1(C)c2ccccc2-c2cc(N(c3ccc(-c4ccccc4)cc3)c3cccc(-c4ccccc4)c3)ccc21.c1ccc(-c2ccc(Nc3cccc(-c4ccccc4)c3)cc2)cc1. The van der Waals surface area contributed by atoms with Crippen LogP contribution in [0.4, 0.5) is 28.4 Å². The highest BCUT2D eigenvalue weighted by molar-refractivity contribution is 9.10. The molecule has 17 rings (SSSR count). The summed E-state index contributed by atoms with van der Waals surface area (Å²) < 4.78 is 2.31. The first kappa shape index (κ1) is 62.1. The van der Waals surface area contributed by atoms with E-state index in [1.165, 1.54) is 111 Å². The molecule has 95 heavy (non-hydrogen) atoms. The van der Waals surface area contributed by atoms with Gasteiger partial charge in [0, 0.05) is 48.2 Å². The molecule has 4 heteroatoms. The van der Waals surface area contributed by atoms with E-state index in [9.17, 15) is 0 Å². The molecule has 0 unspecified atom stereocenters. The van der Waals surface area contributed by atoms with Gasteiger partial charge >= 0.3 is 0 Å². The van der Waals surface area contributed by atoms with Gasteiger partial charge in [0.05, 0.1) is 0 Å². The van der Waals surface area contributed by atoms with Gasteiger partial charge < -0.3 is 10.2 Å². The van der Waals surface area contributed by atoms with Crippen LogP contribution in [0.15, 0.2) is 355 Å². The molecule has 0 fully saturated rings. The minimum absolute atomic E-state index is 0.0140. The standard InChI is InChI=1S/C39H31N.C24H19N.C15H13Br.C13H9Br/c1-39(2)37-19-10-9-18-35(37)36-27-34(24-25-38(36)39)40(32-22-20-30(21-23-32)28-12-5-3-6-13-28)33-17-11-16-31(26-33)29-14-7-4-8-15-29;1-3-8-19(9-4-1)21-14-16-23(17-15-21)25-24-13-7-12-22(18-24)20-10-5-2-6-11-20;1-15(2)13-6-4-3-5-11(13)12-9-10(16)7-8-14(12)15;14-11-6-5-10-7-9-3-1-2-4-12(9)13(10)8-11/h3-27H,1-2H3;1-18,25H;3-9H,1-2H3;1-6,8H,7H2. The van der Waals surface area contributed by atoms with Crippen LogP contribution in [0.25, 0.3) is 77.9 Å². The lowest BCUT2D eigenvalue weighted by atomic mass is 9.82. The van der Waals surface area contributed by atoms with Crippen molar-refractivity contribution in [2.24, 2.45) is 0 Å². The van der Waals surface area contributed by atoms with Crippen molar-refractivity contribution in [3.63, 3.8) is 0 Å². The van der Waals surface area contributed by atoms with Crippen LogP contribution in [0, 0.1) is 0 Å². The number of rotatable bonds is 9. The third-order valence-corrected chi connectivity index (χ3v) is 19.8. The quantitative estimate of drug-likeness (QED) is 0.155. The second-order valence-corrected chi connectivity index (χ2v) is 27.4. The van der Waals surface area contributed by atoms with Crippen LogP contribution in [0.5, 0.6) is 0 Å². The summed E-state index contributed by atoms with van der Waals surface area (Å²) in [4.78, 5) is 2.38. The van der Waals surface area contributed by atoms with Crippen molar-refractivity contribution in [3.05, 3.63) is 388 Å². The molecule has 0 atom stereocenters. The molecule has 0 saturated carbocycles. The van der Waals surface area contributed by atoms with Gasteiger partial charge in [0.25, 0.3) is 0 Å². The van der Waals surface area contributed by atoms with E-state index in [4.69, 9.17) is 0 Å². The zero-order chi connectivity index (χ0) is 64.9. The van der Waals surface area contributed by atoms with E-state index in [1.54, 1.807) is 0 Å². The summed E-state index contributed by atoms with van der Waals surface area (Å²) in [5, 5.41) is 3.49. The third kappa shape index (κ3) is 13.2. The molecule has 0 aromatic heterocycles. The third-order valence-electron chi connectivity index (χ3n) is 18.8. The Morgan fingerprint density at radius 2 is 0.632 bits per heavy atom. The van der Waals surface area contributed by atoms with Crippen molar-refractivity contribution in [3.8, 4) is 77.9 Å². The fourth-order valence-corrected chi connectivity index (χ4v) is 14.6. The monoisotopic (exact) mass is 1350 g/mol. The van der Waals surface area contributed by atoms with Gasteiger partial charge in [0.1, 0.15) is 0 Å². The number of anilines is 5. The molecule has 0 amide bonds. The van der Waals surface area contributed by atoms with Crippen LogP contribution < -0.4 is 10.2 Å². The summed E-state index contributed by atoms with van der Waals surface area (Å²) >= 11 is 7.07. The van der Waals surface area contributed by atoms with E-state index in [2.05, 4.69) is 403 Å². The number of nitrogens with zero attached hydrogens (tertiary/aromatic N) is 1. The fraction of sp³-hybridized carbons (Fsp3) is 0.0769. The van der Waals surface area contributed by atoms with Crippen LogP contribution in [0.1, 0.15) is 61.1 Å². The number of benzene rings is 14. The average molecular weight is 1350 g/mol. The fourth-order valence-electron chi connectivity index (χ4n) is 13.9. The Bertz CT molecular complexity index is 5000. The molecule has 3 aliphatic carbocycles. The molecule has 0 aliphatic heterocycles. The van der Waals surface area contributed by atoms with E-state index >= 15 is 0 Å². The minimum Gasteiger partial charge on any atom is -0.356 e. The van der Waals surface area contributed by atoms with E-state index in [1.807, 2.05) is 12.1 Å². The van der Waals surface area contributed by atoms with E-state index < -0.39 is 0 Å². The van der Waals surface area contributed by atoms with Gasteiger partial charge in [-0.05, 0) is 203 Å². The normalized spacial score (nSPS) is 12.7. The van der Waals surface area contributed by atoms with Gasteiger partial charge in [-0.1, -0.05) is 320 Å². The zero-order valence-electron chi connectivity index (χ0n) is 53.8. The first-order chi connectivity index (χ1) is 46.4. The molecule has 0 spiro atoms. The predicted octanol–water partition coefficient (Wildman–Crippen LogP) is 26.3. The second kappa shape index (κ2) is 27.3. The first-order valence-corrected chi connectivity index (χ1v) is 34.2. The molecule has 0 radical (unpaired) electrons. The molecular weight excluding hydrogens is 1280 g/mol. The summed E-state index contributed by atoms with van der Waals surface area (Å²) in [5.41, 5.74) is 32.2. The van der Waals surface area contributed by atoms with Crippen molar-refractivity contribution in [1.82, 2.24) is 0 Å². The Morgan fingerprint density at radius 1 is 0.253 bits per heavy atom. The Labute approximate surface area is 577 Å². The van der Waals surface area contributed by atoms with Gasteiger partial charge in [0.15, 0.2) is 0 Å². The van der Waals surface area contributed by atoms with Crippen LogP contribution in [-0.2, 0) is 17.3 Å². The number of hydrogen-bond donors (Lipinski definition) is 1. The van der Waals surface area contributed by atoms with Crippen molar-refractivity contribution < 1.29 is 0 Å². The largest absolute Gasteiger partial charge is 0.356 e. The maximum atomic E-state index is 3.55. The molecule has 3 aliphatic rings. The van der Waals surface area contributed by atoms with E-state index in [0.717, 1.165) is 43.8 Å². The van der Waals surface area contributed by atoms with Gasteiger partial charge in [0.2, 0.25) is 0 Å². The molecule has 14 aromatic carbocycles. The lowest BCUT2D eigenvalue weighted by Gasteiger charge is -2.27. The molecule has 2 nitrogen and oxygen atoms in total. The maximum Gasteiger partial charge on any atom is 0.0468 e. The number of fused-ring (bicyclic) bond motifs is 9.